The van der Waals surface area contributed by atoms with E-state index in [4.69, 9.17) is 9.15 Å². The molecule has 3 aromatic rings. The fourth-order valence-electron chi connectivity index (χ4n) is 2.65. The molecule has 0 fully saturated rings. The van der Waals surface area contributed by atoms with E-state index in [0.717, 1.165) is 10.4 Å². The van der Waals surface area contributed by atoms with Crippen molar-refractivity contribution in [2.45, 2.75) is 26.7 Å². The highest BCUT2D eigenvalue weighted by Gasteiger charge is 2.21. The van der Waals surface area contributed by atoms with Crippen LogP contribution in [-0.4, -0.2) is 24.0 Å². The third-order valence-corrected chi connectivity index (χ3v) is 5.40. The molecule has 0 aliphatic carbocycles. The number of benzene rings is 1. The lowest BCUT2D eigenvalue weighted by Crippen LogP contribution is -2.14. The molecule has 0 bridgehead atoms. The number of hydrogen-bond donors (Lipinski definition) is 1. The van der Waals surface area contributed by atoms with Crippen LogP contribution in [0.25, 0.3) is 11.3 Å². The van der Waals surface area contributed by atoms with Gasteiger partial charge in [-0.05, 0) is 43.7 Å². The normalized spacial score (nSPS) is 10.7. The quantitative estimate of drug-likeness (QED) is 0.613. The Morgan fingerprint density at radius 3 is 2.64 bits per heavy atom. The summed E-state index contributed by atoms with van der Waals surface area (Å²) in [5.74, 6) is -0.152. The summed E-state index contributed by atoms with van der Waals surface area (Å²) in [5, 5.41) is 3.25. The van der Waals surface area contributed by atoms with Crippen molar-refractivity contribution in [2.24, 2.45) is 0 Å². The number of nitrogens with zero attached hydrogens (tertiary/aromatic N) is 1. The van der Waals surface area contributed by atoms with Gasteiger partial charge < -0.3 is 14.5 Å². The van der Waals surface area contributed by atoms with Gasteiger partial charge in [0.05, 0.1) is 18.9 Å². The molecule has 2 aromatic heterocycles. The second kappa shape index (κ2) is 8.35. The van der Waals surface area contributed by atoms with Gasteiger partial charge in [-0.15, -0.1) is 11.3 Å². The molecule has 1 N–H and O–H groups in total. The number of esters is 1. The van der Waals surface area contributed by atoms with Crippen molar-refractivity contribution in [3.05, 3.63) is 58.2 Å². The lowest BCUT2D eigenvalue weighted by molar-refractivity contribution is -0.116. The number of methoxy groups -OCH3 is 1. The zero-order chi connectivity index (χ0) is 20.3. The summed E-state index contributed by atoms with van der Waals surface area (Å²) in [5.41, 5.74) is 1.88. The lowest BCUT2D eigenvalue weighted by Gasteiger charge is -2.05. The van der Waals surface area contributed by atoms with Gasteiger partial charge in [0.1, 0.15) is 10.8 Å². The Kier molecular flexibility index (Phi) is 5.89. The number of amides is 1. The number of halogens is 1. The molecular formula is C20H19FN2O4S. The number of hydrogen-bond acceptors (Lipinski definition) is 6. The minimum absolute atomic E-state index is 0.139. The summed E-state index contributed by atoms with van der Waals surface area (Å²) in [7, 11) is 1.31. The second-order valence-electron chi connectivity index (χ2n) is 6.15. The van der Waals surface area contributed by atoms with E-state index >= 15 is 0 Å². The van der Waals surface area contributed by atoms with Gasteiger partial charge in [0.25, 0.3) is 0 Å². The van der Waals surface area contributed by atoms with Crippen molar-refractivity contribution in [1.82, 2.24) is 4.98 Å². The molecule has 0 spiro atoms. The van der Waals surface area contributed by atoms with E-state index in [1.54, 1.807) is 18.3 Å². The number of thiophene rings is 1. The van der Waals surface area contributed by atoms with Gasteiger partial charge >= 0.3 is 5.97 Å². The first-order valence-electron chi connectivity index (χ1n) is 8.58. The van der Waals surface area contributed by atoms with Gasteiger partial charge in [0.2, 0.25) is 5.91 Å². The van der Waals surface area contributed by atoms with E-state index in [1.807, 2.05) is 13.8 Å². The van der Waals surface area contributed by atoms with Gasteiger partial charge in [-0.3, -0.25) is 4.79 Å². The molecule has 0 aliphatic rings. The predicted octanol–water partition coefficient (Wildman–Crippen LogP) is 4.52. The zero-order valence-electron chi connectivity index (χ0n) is 15.7. The van der Waals surface area contributed by atoms with Crippen molar-refractivity contribution < 1.29 is 23.1 Å². The number of carbonyl (C=O) groups is 2. The molecule has 0 aliphatic heterocycles. The first kappa shape index (κ1) is 19.8. The number of rotatable bonds is 6. The van der Waals surface area contributed by atoms with Crippen LogP contribution in [0.4, 0.5) is 9.39 Å². The highest BCUT2D eigenvalue weighted by Crippen LogP contribution is 2.33. The maximum Gasteiger partial charge on any atom is 0.341 e. The van der Waals surface area contributed by atoms with Crippen LogP contribution in [0.15, 0.2) is 34.9 Å². The van der Waals surface area contributed by atoms with Gasteiger partial charge in [-0.25, -0.2) is 14.2 Å². The average Bonchev–Trinajstić information content (AvgIpc) is 3.25. The first-order chi connectivity index (χ1) is 13.4. The average molecular weight is 402 g/mol. The Balaban J connectivity index is 1.63. The summed E-state index contributed by atoms with van der Waals surface area (Å²) in [6.07, 6.45) is 1.98. The van der Waals surface area contributed by atoms with E-state index in [1.165, 1.54) is 30.6 Å². The van der Waals surface area contributed by atoms with Crippen LogP contribution in [0.3, 0.4) is 0 Å². The molecule has 3 rings (SSSR count). The van der Waals surface area contributed by atoms with Crippen LogP contribution < -0.4 is 5.32 Å². The van der Waals surface area contributed by atoms with Crippen molar-refractivity contribution >= 4 is 28.2 Å². The molecule has 0 unspecified atom stereocenters. The predicted molar refractivity (Wildman–Crippen MR) is 104 cm³/mol. The van der Waals surface area contributed by atoms with E-state index in [-0.39, 0.29) is 18.1 Å². The van der Waals surface area contributed by atoms with Crippen molar-refractivity contribution in [3.63, 3.8) is 0 Å². The number of aryl methyl sites for hydroxylation is 2. The van der Waals surface area contributed by atoms with Gasteiger partial charge in [0, 0.05) is 23.3 Å². The van der Waals surface area contributed by atoms with Crippen LogP contribution in [0.5, 0.6) is 0 Å². The van der Waals surface area contributed by atoms with E-state index < -0.39 is 5.97 Å². The van der Waals surface area contributed by atoms with Crippen molar-refractivity contribution in [1.29, 1.82) is 0 Å². The van der Waals surface area contributed by atoms with Crippen LogP contribution in [0.2, 0.25) is 0 Å². The highest BCUT2D eigenvalue weighted by atomic mass is 32.1. The minimum atomic E-state index is -0.478. The topological polar surface area (TPSA) is 81.4 Å². The second-order valence-corrected chi connectivity index (χ2v) is 7.38. The molecule has 8 heteroatoms. The molecule has 0 saturated carbocycles. The number of anilines is 1. The molecule has 6 nitrogen and oxygen atoms in total. The summed E-state index contributed by atoms with van der Waals surface area (Å²) < 4.78 is 23.4. The number of nitrogens with one attached hydrogen (secondary N) is 1. The monoisotopic (exact) mass is 402 g/mol. The molecule has 1 aromatic carbocycles. The minimum Gasteiger partial charge on any atom is -0.465 e. The van der Waals surface area contributed by atoms with E-state index in [9.17, 15) is 14.0 Å². The van der Waals surface area contributed by atoms with Gasteiger partial charge in [0.15, 0.2) is 11.7 Å². The number of ether oxygens (including phenoxy) is 1. The number of carbonyl (C=O) groups excluding carboxylic acids is 2. The summed E-state index contributed by atoms with van der Waals surface area (Å²) in [6.45, 7) is 3.70. The maximum absolute atomic E-state index is 13.0. The molecule has 28 heavy (non-hydrogen) atoms. The third-order valence-electron chi connectivity index (χ3n) is 4.28. The van der Waals surface area contributed by atoms with Crippen molar-refractivity contribution in [3.8, 4) is 11.3 Å². The molecule has 0 atom stereocenters. The molecule has 146 valence electrons. The number of aromatic nitrogens is 1. The van der Waals surface area contributed by atoms with Crippen LogP contribution in [-0.2, 0) is 16.0 Å². The number of oxazole rings is 1. The Morgan fingerprint density at radius 2 is 1.96 bits per heavy atom. The van der Waals surface area contributed by atoms with Crippen molar-refractivity contribution in [2.75, 3.05) is 12.4 Å². The standard InChI is InChI=1S/C20H19FN2O4S/c1-11-12(2)28-19(18(11)20(25)26-3)23-16(24)8-9-17-22-10-15(27-17)13-4-6-14(21)7-5-13/h4-7,10H,8-9H2,1-3H3,(H,23,24). The van der Waals surface area contributed by atoms with Crippen LogP contribution in [0, 0.1) is 19.7 Å². The van der Waals surface area contributed by atoms with E-state index in [2.05, 4.69) is 10.3 Å². The smallest absolute Gasteiger partial charge is 0.341 e. The van der Waals surface area contributed by atoms with E-state index in [0.29, 0.717) is 34.2 Å². The van der Waals surface area contributed by atoms with Gasteiger partial charge in [-0.1, -0.05) is 0 Å². The lowest BCUT2D eigenvalue weighted by atomic mass is 10.1. The summed E-state index contributed by atoms with van der Waals surface area (Å²) >= 11 is 1.33. The Hall–Kier alpha value is -3.00. The summed E-state index contributed by atoms with van der Waals surface area (Å²) in [4.78, 5) is 29.4. The SMILES string of the molecule is COC(=O)c1c(NC(=O)CCc2ncc(-c3ccc(F)cc3)o2)sc(C)c1C. The zero-order valence-corrected chi connectivity index (χ0v) is 16.5. The molecule has 0 radical (unpaired) electrons. The van der Waals surface area contributed by atoms with Crippen LogP contribution >= 0.6 is 11.3 Å². The summed E-state index contributed by atoms with van der Waals surface area (Å²) in [6, 6.07) is 5.88. The molecule has 0 saturated heterocycles. The largest absolute Gasteiger partial charge is 0.465 e. The molecule has 2 heterocycles. The molecule has 1 amide bonds. The van der Waals surface area contributed by atoms with Gasteiger partial charge in [-0.2, -0.15) is 0 Å². The highest BCUT2D eigenvalue weighted by molar-refractivity contribution is 7.16. The Morgan fingerprint density at radius 1 is 1.25 bits per heavy atom. The van der Waals surface area contributed by atoms with Crippen LogP contribution in [0.1, 0.15) is 33.1 Å². The fourth-order valence-corrected chi connectivity index (χ4v) is 3.71. The fraction of sp³-hybridized carbons (Fsp3) is 0.250. The Labute approximate surface area is 165 Å². The third kappa shape index (κ3) is 4.28. The molecular weight excluding hydrogens is 383 g/mol. The first-order valence-corrected chi connectivity index (χ1v) is 9.39. The Bertz CT molecular complexity index is 1010. The maximum atomic E-state index is 13.0.